The molecule has 1 rings (SSSR count). The molecule has 0 bridgehead atoms. The first-order valence-corrected chi connectivity index (χ1v) is 6.75. The molecule has 0 spiro atoms. The summed E-state index contributed by atoms with van der Waals surface area (Å²) in [7, 11) is 0. The van der Waals surface area contributed by atoms with Crippen LogP contribution in [0.4, 0.5) is 4.39 Å². The molecule has 0 aliphatic carbocycles. The Morgan fingerprint density at radius 3 is 2.91 bits per heavy atom. The van der Waals surface area contributed by atoms with Crippen molar-refractivity contribution in [3.8, 4) is 0 Å². The molecule has 2 N–H and O–H groups in total. The fourth-order valence-corrected chi connectivity index (χ4v) is 1.81. The zero-order chi connectivity index (χ0) is 16.5. The summed E-state index contributed by atoms with van der Waals surface area (Å²) in [5.74, 6) is -1.56. The van der Waals surface area contributed by atoms with Gasteiger partial charge in [0.15, 0.2) is 0 Å². The molecule has 0 saturated heterocycles. The number of nitrogens with one attached hydrogen (secondary N) is 1. The van der Waals surface area contributed by atoms with Crippen LogP contribution in [0.2, 0.25) is 5.02 Å². The first-order valence-electron chi connectivity index (χ1n) is 6.37. The van der Waals surface area contributed by atoms with Crippen LogP contribution in [0.3, 0.4) is 0 Å². The van der Waals surface area contributed by atoms with Gasteiger partial charge in [0.25, 0.3) is 0 Å². The summed E-state index contributed by atoms with van der Waals surface area (Å²) in [6.45, 7) is 5.49. The van der Waals surface area contributed by atoms with Crippen LogP contribution in [0, 0.1) is 12.7 Å². The van der Waals surface area contributed by atoms with E-state index in [0.717, 1.165) is 17.2 Å². The number of benzene rings is 1. The maximum atomic E-state index is 13.3. The number of carboxylic acid groups (broad SMARTS) is 1. The molecule has 6 heteroatoms. The molecule has 22 heavy (non-hydrogen) atoms. The average Bonchev–Trinajstić information content (AvgIpc) is 2.45. The summed E-state index contributed by atoms with van der Waals surface area (Å²) < 4.78 is 13.3. The minimum absolute atomic E-state index is 0.0276. The van der Waals surface area contributed by atoms with E-state index in [-0.39, 0.29) is 5.02 Å². The highest BCUT2D eigenvalue weighted by Gasteiger charge is 2.06. The molecule has 0 aromatic heterocycles. The van der Waals surface area contributed by atoms with Crippen LogP contribution in [0.15, 0.2) is 53.8 Å². The maximum Gasteiger partial charge on any atom is 0.330 e. The topological polar surface area (TPSA) is 61.7 Å². The third-order valence-electron chi connectivity index (χ3n) is 2.69. The van der Waals surface area contributed by atoms with E-state index in [2.05, 4.69) is 16.9 Å². The van der Waals surface area contributed by atoms with Crippen molar-refractivity contribution < 1.29 is 14.3 Å². The number of carbonyl (C=O) groups is 1. The lowest BCUT2D eigenvalue weighted by Crippen LogP contribution is -2.14. The largest absolute Gasteiger partial charge is 0.478 e. The fourth-order valence-electron chi connectivity index (χ4n) is 1.62. The molecule has 0 saturated carbocycles. The quantitative estimate of drug-likeness (QED) is 0.458. The first-order chi connectivity index (χ1) is 10.4. The van der Waals surface area contributed by atoms with Crippen LogP contribution >= 0.6 is 11.6 Å². The van der Waals surface area contributed by atoms with Gasteiger partial charge in [0.2, 0.25) is 0 Å². The number of aliphatic imine (C=N–C) groups is 1. The normalized spacial score (nSPS) is 12.0. The van der Waals surface area contributed by atoms with Gasteiger partial charge in [-0.25, -0.2) is 9.18 Å². The fraction of sp³-hybridized carbons (Fsp3) is 0.125. The Labute approximate surface area is 133 Å². The lowest BCUT2D eigenvalue weighted by molar-refractivity contribution is -0.131. The van der Waals surface area contributed by atoms with Crippen molar-refractivity contribution in [2.24, 2.45) is 4.99 Å². The summed E-state index contributed by atoms with van der Waals surface area (Å²) in [4.78, 5) is 14.6. The number of carboxylic acids is 1. The first kappa shape index (κ1) is 17.7. The number of halogens is 2. The van der Waals surface area contributed by atoms with E-state index in [1.165, 1.54) is 24.5 Å². The lowest BCUT2D eigenvalue weighted by atomic mass is 10.1. The molecule has 0 aliphatic heterocycles. The summed E-state index contributed by atoms with van der Waals surface area (Å²) in [6.07, 6.45) is 7.00. The molecule has 1 aromatic carbocycles. The number of nitrogens with zero attached hydrogens (tertiary/aromatic N) is 1. The zero-order valence-electron chi connectivity index (χ0n) is 12.0. The number of hydrogen-bond acceptors (Lipinski definition) is 3. The van der Waals surface area contributed by atoms with Crippen LogP contribution in [0.25, 0.3) is 0 Å². The molecule has 0 unspecified atom stereocenters. The second-order valence-electron chi connectivity index (χ2n) is 4.32. The smallest absolute Gasteiger partial charge is 0.330 e. The van der Waals surface area contributed by atoms with Gasteiger partial charge >= 0.3 is 5.97 Å². The van der Waals surface area contributed by atoms with Crippen molar-refractivity contribution in [2.45, 2.75) is 13.5 Å². The highest BCUT2D eigenvalue weighted by molar-refractivity contribution is 6.30. The van der Waals surface area contributed by atoms with Gasteiger partial charge in [0.1, 0.15) is 5.82 Å². The third-order valence-corrected chi connectivity index (χ3v) is 2.98. The molecule has 116 valence electrons. The van der Waals surface area contributed by atoms with Crippen LogP contribution < -0.4 is 5.32 Å². The molecule has 0 aliphatic rings. The van der Waals surface area contributed by atoms with Gasteiger partial charge in [0.05, 0.1) is 5.02 Å². The Balaban J connectivity index is 2.86. The van der Waals surface area contributed by atoms with Crippen molar-refractivity contribution >= 4 is 23.8 Å². The molecule has 0 fully saturated rings. The van der Waals surface area contributed by atoms with Gasteiger partial charge < -0.3 is 10.4 Å². The van der Waals surface area contributed by atoms with Gasteiger partial charge in [-0.15, -0.1) is 0 Å². The van der Waals surface area contributed by atoms with Crippen LogP contribution in [0.5, 0.6) is 0 Å². The lowest BCUT2D eigenvalue weighted by Gasteiger charge is -2.10. The molecule has 0 atom stereocenters. The van der Waals surface area contributed by atoms with Gasteiger partial charge in [-0.2, -0.15) is 0 Å². The van der Waals surface area contributed by atoms with Gasteiger partial charge in [0, 0.05) is 30.7 Å². The highest BCUT2D eigenvalue weighted by Crippen LogP contribution is 2.20. The summed E-state index contributed by atoms with van der Waals surface area (Å²) in [6, 6.07) is 2.85. The van der Waals surface area contributed by atoms with Crippen molar-refractivity contribution in [3.63, 3.8) is 0 Å². The van der Waals surface area contributed by atoms with E-state index in [1.54, 1.807) is 19.1 Å². The van der Waals surface area contributed by atoms with Crippen LogP contribution in [-0.2, 0) is 11.3 Å². The van der Waals surface area contributed by atoms with E-state index in [0.29, 0.717) is 12.2 Å². The Kier molecular flexibility index (Phi) is 7.05. The Bertz CT molecular complexity index is 652. The van der Waals surface area contributed by atoms with Crippen LogP contribution in [-0.4, -0.2) is 17.3 Å². The molecular formula is C16H16ClFN2O2. The number of aryl methyl sites for hydroxylation is 1. The predicted molar refractivity (Wildman–Crippen MR) is 86.5 cm³/mol. The number of aliphatic carboxylic acids is 1. The number of hydrogen-bond donors (Lipinski definition) is 2. The van der Waals surface area contributed by atoms with Crippen molar-refractivity contribution in [3.05, 3.63) is 70.8 Å². The SMILES string of the molecule is C=CN=C/C=C\C(=C\C(=O)O)NCc1cc(Cl)c(F)cc1C. The second kappa shape index (κ2) is 8.79. The highest BCUT2D eigenvalue weighted by atomic mass is 35.5. The monoisotopic (exact) mass is 322 g/mol. The third kappa shape index (κ3) is 5.93. The second-order valence-corrected chi connectivity index (χ2v) is 4.73. The van der Waals surface area contributed by atoms with Gasteiger partial charge in [-0.1, -0.05) is 18.2 Å². The number of rotatable bonds is 7. The van der Waals surface area contributed by atoms with Crippen molar-refractivity contribution in [2.75, 3.05) is 0 Å². The maximum absolute atomic E-state index is 13.3. The van der Waals surface area contributed by atoms with Crippen molar-refractivity contribution in [1.82, 2.24) is 5.32 Å². The van der Waals surface area contributed by atoms with Gasteiger partial charge in [-0.05, 0) is 42.3 Å². The van der Waals surface area contributed by atoms with E-state index in [1.807, 2.05) is 0 Å². The van der Waals surface area contributed by atoms with E-state index in [9.17, 15) is 9.18 Å². The van der Waals surface area contributed by atoms with E-state index >= 15 is 0 Å². The molecular weight excluding hydrogens is 307 g/mol. The van der Waals surface area contributed by atoms with Crippen molar-refractivity contribution in [1.29, 1.82) is 0 Å². The standard InChI is InChI=1S/C16H16ClFN2O2/c1-3-19-6-4-5-13(9-16(21)22)20-10-12-8-14(17)15(18)7-11(12)2/h3-9,20H,1,10H2,2H3,(H,21,22)/b5-4-,13-9-,19-6?. The van der Waals surface area contributed by atoms with E-state index < -0.39 is 11.8 Å². The Morgan fingerprint density at radius 1 is 1.55 bits per heavy atom. The minimum Gasteiger partial charge on any atom is -0.478 e. The molecule has 0 amide bonds. The summed E-state index contributed by atoms with van der Waals surface area (Å²) >= 11 is 5.75. The Hall–Kier alpha value is -2.40. The van der Waals surface area contributed by atoms with Crippen LogP contribution in [0.1, 0.15) is 11.1 Å². The molecule has 0 radical (unpaired) electrons. The molecule has 1 aromatic rings. The Morgan fingerprint density at radius 2 is 2.27 bits per heavy atom. The number of allylic oxidation sites excluding steroid dienone is 2. The molecule has 0 heterocycles. The predicted octanol–water partition coefficient (Wildman–Crippen LogP) is 3.62. The summed E-state index contributed by atoms with van der Waals surface area (Å²) in [5, 5.41) is 11.8. The molecule has 4 nitrogen and oxygen atoms in total. The minimum atomic E-state index is -1.08. The summed E-state index contributed by atoms with van der Waals surface area (Å²) in [5.41, 5.74) is 1.87. The zero-order valence-corrected chi connectivity index (χ0v) is 12.8. The van der Waals surface area contributed by atoms with Gasteiger partial charge in [-0.3, -0.25) is 4.99 Å². The van der Waals surface area contributed by atoms with E-state index in [4.69, 9.17) is 16.7 Å². The average molecular weight is 323 g/mol.